The van der Waals surface area contributed by atoms with Crippen LogP contribution in [0.3, 0.4) is 0 Å². The Kier molecular flexibility index (Phi) is 3.85. The molecule has 0 aliphatic carbocycles. The first-order valence-corrected chi connectivity index (χ1v) is 9.43. The first kappa shape index (κ1) is 17.7. The molecular weight excluding hydrogens is 394 g/mol. The van der Waals surface area contributed by atoms with E-state index < -0.39 is 0 Å². The third-order valence-corrected chi connectivity index (χ3v) is 4.99. The van der Waals surface area contributed by atoms with E-state index in [1.54, 1.807) is 33.5 Å². The van der Waals surface area contributed by atoms with Gasteiger partial charge in [-0.2, -0.15) is 4.98 Å². The lowest BCUT2D eigenvalue weighted by Crippen LogP contribution is -2.24. The normalized spacial score (nSPS) is 11.9. The number of halogens is 1. The number of hydrogen-bond donors (Lipinski definition) is 0. The fraction of sp³-hybridized carbons (Fsp3) is 0.200. The van der Waals surface area contributed by atoms with Crippen molar-refractivity contribution in [1.82, 2.24) is 24.1 Å². The van der Waals surface area contributed by atoms with Crippen molar-refractivity contribution in [3.8, 4) is 23.2 Å². The SMILES string of the molecule is Cc1ccc(-c2noc(-c3ncn4c3c(=O)n(C(C)C)c3cc(Cl)ccc34)n2)o1. The summed E-state index contributed by atoms with van der Waals surface area (Å²) in [6, 6.07) is 8.91. The van der Waals surface area contributed by atoms with E-state index in [1.807, 2.05) is 32.9 Å². The number of hydrogen-bond acceptors (Lipinski definition) is 6. The fourth-order valence-electron chi connectivity index (χ4n) is 3.50. The maximum Gasteiger partial charge on any atom is 0.279 e. The van der Waals surface area contributed by atoms with Gasteiger partial charge in [-0.05, 0) is 51.1 Å². The van der Waals surface area contributed by atoms with Gasteiger partial charge in [0.1, 0.15) is 17.6 Å². The summed E-state index contributed by atoms with van der Waals surface area (Å²) in [6.07, 6.45) is 1.58. The van der Waals surface area contributed by atoms with Gasteiger partial charge in [0.25, 0.3) is 11.4 Å². The van der Waals surface area contributed by atoms with Gasteiger partial charge in [-0.3, -0.25) is 9.20 Å². The molecule has 9 heteroatoms. The van der Waals surface area contributed by atoms with Crippen molar-refractivity contribution in [2.45, 2.75) is 26.8 Å². The summed E-state index contributed by atoms with van der Waals surface area (Å²) >= 11 is 6.18. The van der Waals surface area contributed by atoms with Crippen molar-refractivity contribution < 1.29 is 8.94 Å². The molecule has 0 saturated heterocycles. The molecule has 8 nitrogen and oxygen atoms in total. The number of rotatable bonds is 3. The Morgan fingerprint density at radius 1 is 1.14 bits per heavy atom. The summed E-state index contributed by atoms with van der Waals surface area (Å²) in [7, 11) is 0. The van der Waals surface area contributed by atoms with Gasteiger partial charge in [0.2, 0.25) is 5.82 Å². The van der Waals surface area contributed by atoms with E-state index in [0.717, 1.165) is 16.8 Å². The molecule has 0 aliphatic heterocycles. The number of benzene rings is 1. The molecule has 4 aromatic heterocycles. The number of aryl methyl sites for hydroxylation is 1. The third-order valence-electron chi connectivity index (χ3n) is 4.75. The number of furan rings is 1. The van der Waals surface area contributed by atoms with Crippen LogP contribution >= 0.6 is 11.6 Å². The summed E-state index contributed by atoms with van der Waals surface area (Å²) in [5, 5.41) is 4.53. The number of nitrogens with zero attached hydrogens (tertiary/aromatic N) is 5. The maximum absolute atomic E-state index is 13.4. The predicted molar refractivity (Wildman–Crippen MR) is 108 cm³/mol. The molecule has 5 aromatic rings. The second kappa shape index (κ2) is 6.31. The summed E-state index contributed by atoms with van der Waals surface area (Å²) in [5.74, 6) is 1.67. The van der Waals surface area contributed by atoms with Crippen LogP contribution in [0.1, 0.15) is 25.6 Å². The summed E-state index contributed by atoms with van der Waals surface area (Å²) in [4.78, 5) is 22.2. The van der Waals surface area contributed by atoms with E-state index in [9.17, 15) is 4.79 Å². The summed E-state index contributed by atoms with van der Waals surface area (Å²) in [5.41, 5.74) is 2.00. The van der Waals surface area contributed by atoms with Crippen LogP contribution in [0.2, 0.25) is 5.02 Å². The predicted octanol–water partition coefficient (Wildman–Crippen LogP) is 4.50. The van der Waals surface area contributed by atoms with Crippen LogP contribution in [0.5, 0.6) is 0 Å². The molecule has 0 spiro atoms. The van der Waals surface area contributed by atoms with Crippen molar-refractivity contribution in [3.63, 3.8) is 0 Å². The molecule has 0 saturated carbocycles. The van der Waals surface area contributed by atoms with Crippen LogP contribution in [-0.4, -0.2) is 24.1 Å². The summed E-state index contributed by atoms with van der Waals surface area (Å²) < 4.78 is 14.4. The Hall–Kier alpha value is -3.39. The molecule has 1 aromatic carbocycles. The highest BCUT2D eigenvalue weighted by atomic mass is 35.5. The lowest BCUT2D eigenvalue weighted by molar-refractivity contribution is 0.428. The van der Waals surface area contributed by atoms with E-state index in [2.05, 4.69) is 15.1 Å². The van der Waals surface area contributed by atoms with Gasteiger partial charge in [0, 0.05) is 11.1 Å². The zero-order valence-corrected chi connectivity index (χ0v) is 16.6. The minimum absolute atomic E-state index is 0.0828. The average molecular weight is 410 g/mol. The van der Waals surface area contributed by atoms with Gasteiger partial charge in [0.05, 0.1) is 11.0 Å². The second-order valence-electron chi connectivity index (χ2n) is 7.05. The van der Waals surface area contributed by atoms with Gasteiger partial charge in [-0.1, -0.05) is 16.8 Å². The van der Waals surface area contributed by atoms with Crippen molar-refractivity contribution in [3.05, 3.63) is 57.8 Å². The standard InChI is InChI=1S/C20H16ClN5O3/c1-10(2)26-14-8-12(21)5-6-13(14)25-9-22-16(17(25)20(26)27)19-23-18(24-29-19)15-7-4-11(3)28-15/h4-10H,1-3H3. The largest absolute Gasteiger partial charge is 0.458 e. The molecular formula is C20H16ClN5O3. The highest BCUT2D eigenvalue weighted by Gasteiger charge is 2.23. The van der Waals surface area contributed by atoms with Gasteiger partial charge in [-0.15, -0.1) is 0 Å². The van der Waals surface area contributed by atoms with Crippen LogP contribution in [0, 0.1) is 6.92 Å². The van der Waals surface area contributed by atoms with Gasteiger partial charge >= 0.3 is 0 Å². The smallest absolute Gasteiger partial charge is 0.279 e. The topological polar surface area (TPSA) is 91.4 Å². The number of fused-ring (bicyclic) bond motifs is 3. The number of aromatic nitrogens is 5. The van der Waals surface area contributed by atoms with Crippen LogP contribution in [0.25, 0.3) is 39.7 Å². The molecule has 0 atom stereocenters. The lowest BCUT2D eigenvalue weighted by Gasteiger charge is -2.15. The molecule has 4 heterocycles. The molecule has 0 N–H and O–H groups in total. The first-order chi connectivity index (χ1) is 13.9. The zero-order chi connectivity index (χ0) is 20.3. The Morgan fingerprint density at radius 3 is 2.69 bits per heavy atom. The van der Waals surface area contributed by atoms with Crippen LogP contribution < -0.4 is 5.56 Å². The maximum atomic E-state index is 13.4. The van der Waals surface area contributed by atoms with E-state index in [4.69, 9.17) is 20.5 Å². The molecule has 0 radical (unpaired) electrons. The monoisotopic (exact) mass is 409 g/mol. The third kappa shape index (κ3) is 2.67. The lowest BCUT2D eigenvalue weighted by atomic mass is 10.2. The molecule has 0 amide bonds. The van der Waals surface area contributed by atoms with Crippen LogP contribution in [-0.2, 0) is 0 Å². The highest BCUT2D eigenvalue weighted by Crippen LogP contribution is 2.28. The zero-order valence-electron chi connectivity index (χ0n) is 15.9. The van der Waals surface area contributed by atoms with Gasteiger partial charge < -0.3 is 13.5 Å². The molecule has 29 heavy (non-hydrogen) atoms. The van der Waals surface area contributed by atoms with Crippen LogP contribution in [0.15, 0.2) is 50.4 Å². The van der Waals surface area contributed by atoms with Crippen molar-refractivity contribution in [2.75, 3.05) is 0 Å². The minimum Gasteiger partial charge on any atom is -0.458 e. The average Bonchev–Trinajstić information content (AvgIpc) is 3.39. The molecule has 0 bridgehead atoms. The minimum atomic E-state index is -0.212. The highest BCUT2D eigenvalue weighted by molar-refractivity contribution is 6.31. The molecule has 0 aliphatic rings. The second-order valence-corrected chi connectivity index (χ2v) is 7.48. The fourth-order valence-corrected chi connectivity index (χ4v) is 3.66. The first-order valence-electron chi connectivity index (χ1n) is 9.05. The van der Waals surface area contributed by atoms with E-state index in [-0.39, 0.29) is 17.5 Å². The van der Waals surface area contributed by atoms with Crippen molar-refractivity contribution >= 4 is 28.2 Å². The van der Waals surface area contributed by atoms with Crippen molar-refractivity contribution in [1.29, 1.82) is 0 Å². The molecule has 0 unspecified atom stereocenters. The molecule has 146 valence electrons. The molecule has 0 fully saturated rings. The number of imidazole rings is 1. The Morgan fingerprint density at radius 2 is 1.97 bits per heavy atom. The van der Waals surface area contributed by atoms with E-state index in [0.29, 0.717) is 27.8 Å². The molecule has 5 rings (SSSR count). The quantitative estimate of drug-likeness (QED) is 0.435. The Balaban J connectivity index is 1.79. The summed E-state index contributed by atoms with van der Waals surface area (Å²) in [6.45, 7) is 5.72. The van der Waals surface area contributed by atoms with Gasteiger partial charge in [-0.25, -0.2) is 4.98 Å². The Bertz CT molecular complexity index is 1440. The van der Waals surface area contributed by atoms with Crippen LogP contribution in [0.4, 0.5) is 0 Å². The van der Waals surface area contributed by atoms with E-state index >= 15 is 0 Å². The van der Waals surface area contributed by atoms with Crippen molar-refractivity contribution in [2.24, 2.45) is 0 Å². The van der Waals surface area contributed by atoms with E-state index in [1.165, 1.54) is 0 Å². The van der Waals surface area contributed by atoms with Gasteiger partial charge in [0.15, 0.2) is 11.5 Å². The Labute approximate surface area is 169 Å².